The van der Waals surface area contributed by atoms with Crippen molar-refractivity contribution in [2.45, 2.75) is 0 Å². The molecule has 0 aliphatic heterocycles. The molecule has 0 fully saturated rings. The molecule has 0 radical (unpaired) electrons. The maximum absolute atomic E-state index is 13.7. The number of benzene rings is 2. The molecule has 2 aromatic carbocycles. The van der Waals surface area contributed by atoms with Gasteiger partial charge in [0, 0.05) is 6.07 Å². The number of nitrogens with one attached hydrogen (secondary N) is 1. The van der Waals surface area contributed by atoms with E-state index in [0.29, 0.717) is 6.07 Å². The van der Waals surface area contributed by atoms with Gasteiger partial charge < -0.3 is 5.11 Å². The summed E-state index contributed by atoms with van der Waals surface area (Å²) in [5, 5.41) is 9.68. The van der Waals surface area contributed by atoms with E-state index in [1.807, 2.05) is 0 Å². The summed E-state index contributed by atoms with van der Waals surface area (Å²) < 4.78 is 27.4. The average Bonchev–Trinajstić information content (AvgIpc) is 2.49. The molecule has 2 N–H and O–H groups in total. The maximum Gasteiger partial charge on any atom is 0.281 e. The SMILES string of the molecule is Br.O=c1c2c(Cl)cc(Cl)c(O)c2ncn1Nc1ccc(F)cc1F. The van der Waals surface area contributed by atoms with Gasteiger partial charge in [-0.3, -0.25) is 10.2 Å². The Morgan fingerprint density at radius 1 is 1.17 bits per heavy atom. The molecule has 10 heteroatoms. The number of fused-ring (bicyclic) bond motifs is 1. The molecule has 0 bridgehead atoms. The molecular formula is C14H8BrCl2F2N3O2. The zero-order valence-corrected chi connectivity index (χ0v) is 14.8. The summed E-state index contributed by atoms with van der Waals surface area (Å²) in [6.45, 7) is 0. The van der Waals surface area contributed by atoms with Gasteiger partial charge in [-0.1, -0.05) is 23.2 Å². The van der Waals surface area contributed by atoms with Crippen LogP contribution in [-0.2, 0) is 0 Å². The molecule has 0 saturated carbocycles. The molecule has 1 heterocycles. The predicted octanol–water partition coefficient (Wildman–Crippen LogP) is 4.14. The first-order valence-electron chi connectivity index (χ1n) is 6.19. The van der Waals surface area contributed by atoms with Gasteiger partial charge in [0.25, 0.3) is 5.56 Å². The number of aromatic hydroxyl groups is 1. The molecule has 0 spiro atoms. The lowest BCUT2D eigenvalue weighted by Crippen LogP contribution is -2.27. The second-order valence-corrected chi connectivity index (χ2v) is 5.38. The number of hydrogen-bond donors (Lipinski definition) is 2. The predicted molar refractivity (Wildman–Crippen MR) is 93.4 cm³/mol. The second kappa shape index (κ2) is 6.92. The van der Waals surface area contributed by atoms with Crippen molar-refractivity contribution in [2.75, 3.05) is 5.43 Å². The van der Waals surface area contributed by atoms with Crippen LogP contribution in [0.2, 0.25) is 10.0 Å². The van der Waals surface area contributed by atoms with Crippen LogP contribution in [0.3, 0.4) is 0 Å². The molecule has 0 atom stereocenters. The normalized spacial score (nSPS) is 10.5. The number of rotatable bonds is 2. The summed E-state index contributed by atoms with van der Waals surface area (Å²) in [5.74, 6) is -2.02. The summed E-state index contributed by atoms with van der Waals surface area (Å²) in [7, 11) is 0. The highest BCUT2D eigenvalue weighted by molar-refractivity contribution is 8.93. The first-order chi connectivity index (χ1) is 10.9. The molecule has 3 aromatic rings. The van der Waals surface area contributed by atoms with Gasteiger partial charge in [0.1, 0.15) is 17.7 Å². The van der Waals surface area contributed by atoms with E-state index in [2.05, 4.69) is 10.4 Å². The Morgan fingerprint density at radius 2 is 1.88 bits per heavy atom. The van der Waals surface area contributed by atoms with Crippen molar-refractivity contribution in [1.82, 2.24) is 9.66 Å². The Labute approximate surface area is 154 Å². The number of anilines is 1. The molecule has 0 amide bonds. The van der Waals surface area contributed by atoms with E-state index in [9.17, 15) is 18.7 Å². The number of aromatic nitrogens is 2. The summed E-state index contributed by atoms with van der Waals surface area (Å²) in [4.78, 5) is 16.3. The van der Waals surface area contributed by atoms with Gasteiger partial charge in [0.15, 0.2) is 11.6 Å². The van der Waals surface area contributed by atoms with E-state index in [-0.39, 0.29) is 49.4 Å². The minimum absolute atomic E-state index is 0. The first kappa shape index (κ1) is 18.4. The van der Waals surface area contributed by atoms with E-state index in [4.69, 9.17) is 23.2 Å². The Kier molecular flexibility index (Phi) is 5.32. The number of halogens is 5. The summed E-state index contributed by atoms with van der Waals surface area (Å²) in [5.41, 5.74) is 1.55. The highest BCUT2D eigenvalue weighted by atomic mass is 79.9. The molecule has 1 aromatic heterocycles. The van der Waals surface area contributed by atoms with Crippen molar-refractivity contribution in [3.8, 4) is 5.75 Å². The van der Waals surface area contributed by atoms with Crippen LogP contribution in [0.5, 0.6) is 5.75 Å². The average molecular weight is 439 g/mol. The van der Waals surface area contributed by atoms with E-state index in [1.54, 1.807) is 0 Å². The van der Waals surface area contributed by atoms with Gasteiger partial charge >= 0.3 is 0 Å². The van der Waals surface area contributed by atoms with E-state index in [0.717, 1.165) is 23.1 Å². The minimum atomic E-state index is -0.887. The third kappa shape index (κ3) is 3.17. The topological polar surface area (TPSA) is 67.1 Å². The van der Waals surface area contributed by atoms with Gasteiger partial charge in [0.05, 0.1) is 21.1 Å². The van der Waals surface area contributed by atoms with Crippen molar-refractivity contribution >= 4 is 56.8 Å². The van der Waals surface area contributed by atoms with Crippen molar-refractivity contribution in [3.05, 3.63) is 62.6 Å². The molecule has 0 aliphatic carbocycles. The lowest BCUT2D eigenvalue weighted by molar-refractivity contribution is 0.480. The Hall–Kier alpha value is -1.90. The smallest absolute Gasteiger partial charge is 0.281 e. The summed E-state index contributed by atoms with van der Waals surface area (Å²) in [6, 6.07) is 4.03. The van der Waals surface area contributed by atoms with Crippen LogP contribution >= 0.6 is 40.2 Å². The van der Waals surface area contributed by atoms with Crippen LogP contribution in [0, 0.1) is 11.6 Å². The zero-order valence-electron chi connectivity index (χ0n) is 11.6. The molecule has 24 heavy (non-hydrogen) atoms. The fourth-order valence-electron chi connectivity index (χ4n) is 2.00. The van der Waals surface area contributed by atoms with Gasteiger partial charge in [-0.2, -0.15) is 0 Å². The molecule has 0 saturated heterocycles. The molecule has 5 nitrogen and oxygen atoms in total. The van der Waals surface area contributed by atoms with Crippen LogP contribution < -0.4 is 11.0 Å². The number of phenols is 1. The molecule has 0 unspecified atom stereocenters. The molecule has 0 aliphatic rings. The second-order valence-electron chi connectivity index (χ2n) is 4.57. The Bertz CT molecular complexity index is 998. The first-order valence-corrected chi connectivity index (χ1v) is 6.94. The van der Waals surface area contributed by atoms with Crippen LogP contribution in [0.1, 0.15) is 0 Å². The van der Waals surface area contributed by atoms with Crippen LogP contribution in [0.25, 0.3) is 10.9 Å². The lowest BCUT2D eigenvalue weighted by atomic mass is 10.2. The Balaban J connectivity index is 0.00000208. The maximum atomic E-state index is 13.7. The standard InChI is InChI=1S/C14H7Cl2F2N3O2.BrH/c15-7-4-8(16)13(22)12-11(7)14(23)21(5-19-12)20-10-2-1-6(17)3-9(10)18;/h1-5,20,22H;1H. The van der Waals surface area contributed by atoms with Crippen molar-refractivity contribution in [3.63, 3.8) is 0 Å². The monoisotopic (exact) mass is 437 g/mol. The number of phenolic OH excluding ortho intramolecular Hbond substituents is 1. The van der Waals surface area contributed by atoms with Crippen LogP contribution in [0.15, 0.2) is 35.4 Å². The minimum Gasteiger partial charge on any atom is -0.504 e. The fraction of sp³-hybridized carbons (Fsp3) is 0. The molecule has 126 valence electrons. The van der Waals surface area contributed by atoms with Crippen molar-refractivity contribution in [1.29, 1.82) is 0 Å². The number of nitrogens with zero attached hydrogens (tertiary/aromatic N) is 2. The lowest BCUT2D eigenvalue weighted by Gasteiger charge is -2.12. The van der Waals surface area contributed by atoms with Gasteiger partial charge in [-0.15, -0.1) is 17.0 Å². The number of hydrogen-bond acceptors (Lipinski definition) is 4. The van der Waals surface area contributed by atoms with Gasteiger partial charge in [-0.05, 0) is 18.2 Å². The molecule has 3 rings (SSSR count). The highest BCUT2D eigenvalue weighted by Crippen LogP contribution is 2.34. The van der Waals surface area contributed by atoms with Crippen molar-refractivity contribution < 1.29 is 13.9 Å². The highest BCUT2D eigenvalue weighted by Gasteiger charge is 2.15. The zero-order chi connectivity index (χ0) is 16.7. The van der Waals surface area contributed by atoms with Gasteiger partial charge in [-0.25, -0.2) is 18.4 Å². The van der Waals surface area contributed by atoms with Crippen molar-refractivity contribution in [2.24, 2.45) is 0 Å². The van der Waals surface area contributed by atoms with E-state index in [1.165, 1.54) is 6.07 Å². The van der Waals surface area contributed by atoms with E-state index >= 15 is 0 Å². The van der Waals surface area contributed by atoms with Crippen LogP contribution in [0.4, 0.5) is 14.5 Å². The third-order valence-electron chi connectivity index (χ3n) is 3.09. The third-order valence-corrected chi connectivity index (χ3v) is 3.67. The fourth-order valence-corrected chi connectivity index (χ4v) is 2.54. The molecular weight excluding hydrogens is 431 g/mol. The summed E-state index contributed by atoms with van der Waals surface area (Å²) in [6.07, 6.45) is 1.03. The quantitative estimate of drug-likeness (QED) is 0.631. The van der Waals surface area contributed by atoms with E-state index < -0.39 is 17.2 Å². The largest absolute Gasteiger partial charge is 0.504 e. The Morgan fingerprint density at radius 3 is 2.54 bits per heavy atom. The summed E-state index contributed by atoms with van der Waals surface area (Å²) >= 11 is 11.7. The van der Waals surface area contributed by atoms with Crippen LogP contribution in [-0.4, -0.2) is 14.8 Å². The van der Waals surface area contributed by atoms with Gasteiger partial charge in [0.2, 0.25) is 0 Å².